The summed E-state index contributed by atoms with van der Waals surface area (Å²) in [6, 6.07) is 9.89. The maximum Gasteiger partial charge on any atom is 0.269 e. The molecule has 1 atom stereocenters. The normalized spacial score (nSPS) is 15.8. The van der Waals surface area contributed by atoms with Crippen molar-refractivity contribution in [1.82, 2.24) is 10.2 Å². The molecule has 7 nitrogen and oxygen atoms in total. The van der Waals surface area contributed by atoms with E-state index in [1.807, 2.05) is 12.1 Å². The second kappa shape index (κ2) is 7.94. The van der Waals surface area contributed by atoms with E-state index in [4.69, 9.17) is 4.42 Å². The topological polar surface area (TPSA) is 88.6 Å². The SMILES string of the molecule is O=C(Cc1ccc([N+](=O)[O-])cc1)NC[C@@H](c1ccco1)N1CCCC1. The molecular weight excluding hydrogens is 322 g/mol. The highest BCUT2D eigenvalue weighted by Crippen LogP contribution is 2.24. The molecule has 1 N–H and O–H groups in total. The number of amides is 1. The first-order valence-electron chi connectivity index (χ1n) is 8.41. The lowest BCUT2D eigenvalue weighted by Crippen LogP contribution is -2.37. The number of nitro groups is 1. The molecule has 0 saturated carbocycles. The van der Waals surface area contributed by atoms with Gasteiger partial charge in [0.1, 0.15) is 5.76 Å². The van der Waals surface area contributed by atoms with Gasteiger partial charge in [0.15, 0.2) is 0 Å². The molecular formula is C18H21N3O4. The number of non-ortho nitro benzene ring substituents is 1. The highest BCUT2D eigenvalue weighted by Gasteiger charge is 2.25. The molecule has 1 saturated heterocycles. The van der Waals surface area contributed by atoms with E-state index < -0.39 is 4.92 Å². The summed E-state index contributed by atoms with van der Waals surface area (Å²) in [6.07, 6.45) is 4.17. The van der Waals surface area contributed by atoms with Gasteiger partial charge in [-0.3, -0.25) is 19.8 Å². The molecule has 0 aliphatic carbocycles. The molecule has 0 bridgehead atoms. The molecule has 1 aliphatic heterocycles. The summed E-state index contributed by atoms with van der Waals surface area (Å²) >= 11 is 0. The van der Waals surface area contributed by atoms with Crippen molar-refractivity contribution >= 4 is 11.6 Å². The summed E-state index contributed by atoms with van der Waals surface area (Å²) in [4.78, 5) is 24.8. The van der Waals surface area contributed by atoms with Gasteiger partial charge < -0.3 is 9.73 Å². The molecule has 1 fully saturated rings. The zero-order valence-corrected chi connectivity index (χ0v) is 13.9. The fourth-order valence-corrected chi connectivity index (χ4v) is 3.14. The summed E-state index contributed by atoms with van der Waals surface area (Å²) in [5.74, 6) is 0.752. The number of hydrogen-bond donors (Lipinski definition) is 1. The Bertz CT molecular complexity index is 706. The Balaban J connectivity index is 1.57. The number of nitro benzene ring substituents is 1. The Labute approximate surface area is 145 Å². The largest absolute Gasteiger partial charge is 0.468 e. The summed E-state index contributed by atoms with van der Waals surface area (Å²) in [6.45, 7) is 2.49. The maximum absolute atomic E-state index is 12.2. The van der Waals surface area contributed by atoms with Crippen LogP contribution in [0.15, 0.2) is 47.1 Å². The van der Waals surface area contributed by atoms with Crippen LogP contribution in [-0.4, -0.2) is 35.4 Å². The molecule has 1 aromatic heterocycles. The smallest absolute Gasteiger partial charge is 0.269 e. The van der Waals surface area contributed by atoms with Crippen LogP contribution in [0.5, 0.6) is 0 Å². The zero-order valence-electron chi connectivity index (χ0n) is 13.9. The second-order valence-corrected chi connectivity index (χ2v) is 6.18. The Morgan fingerprint density at radius 2 is 1.96 bits per heavy atom. The predicted molar refractivity (Wildman–Crippen MR) is 92.1 cm³/mol. The van der Waals surface area contributed by atoms with Gasteiger partial charge in [-0.2, -0.15) is 0 Å². The molecule has 0 unspecified atom stereocenters. The van der Waals surface area contributed by atoms with Gasteiger partial charge in [-0.15, -0.1) is 0 Å². The first-order chi connectivity index (χ1) is 12.1. The van der Waals surface area contributed by atoms with Crippen molar-refractivity contribution in [1.29, 1.82) is 0 Å². The van der Waals surface area contributed by atoms with Gasteiger partial charge in [-0.25, -0.2) is 0 Å². The maximum atomic E-state index is 12.2. The number of benzene rings is 1. The van der Waals surface area contributed by atoms with Crippen molar-refractivity contribution in [3.05, 3.63) is 64.1 Å². The standard InChI is InChI=1S/C18H21N3O4/c22-18(12-14-5-7-15(8-6-14)21(23)24)19-13-16(17-4-3-11-25-17)20-9-1-2-10-20/h3-8,11,16H,1-2,9-10,12-13H2,(H,19,22)/t16-/m0/s1. The molecule has 1 amide bonds. The number of hydrogen-bond acceptors (Lipinski definition) is 5. The second-order valence-electron chi connectivity index (χ2n) is 6.18. The van der Waals surface area contributed by atoms with Gasteiger partial charge in [-0.05, 0) is 43.6 Å². The predicted octanol–water partition coefficient (Wildman–Crippen LogP) is 2.68. The zero-order chi connectivity index (χ0) is 17.6. The lowest BCUT2D eigenvalue weighted by molar-refractivity contribution is -0.384. The number of nitrogens with one attached hydrogen (secondary N) is 1. The number of carbonyl (C=O) groups excluding carboxylic acids is 1. The van der Waals surface area contributed by atoms with Gasteiger partial charge in [0, 0.05) is 18.7 Å². The van der Waals surface area contributed by atoms with Crippen LogP contribution in [0.25, 0.3) is 0 Å². The van der Waals surface area contributed by atoms with Crippen molar-refractivity contribution in [2.24, 2.45) is 0 Å². The number of nitrogens with zero attached hydrogens (tertiary/aromatic N) is 2. The lowest BCUT2D eigenvalue weighted by Gasteiger charge is -2.26. The van der Waals surface area contributed by atoms with E-state index >= 15 is 0 Å². The fraction of sp³-hybridized carbons (Fsp3) is 0.389. The summed E-state index contributed by atoms with van der Waals surface area (Å²) in [7, 11) is 0. The molecule has 132 valence electrons. The van der Waals surface area contributed by atoms with Crippen LogP contribution in [-0.2, 0) is 11.2 Å². The molecule has 2 heterocycles. The van der Waals surface area contributed by atoms with Crippen LogP contribution in [0, 0.1) is 10.1 Å². The molecule has 2 aromatic rings. The Hall–Kier alpha value is -2.67. The highest BCUT2D eigenvalue weighted by molar-refractivity contribution is 5.78. The van der Waals surface area contributed by atoms with Crippen molar-refractivity contribution in [3.8, 4) is 0 Å². The van der Waals surface area contributed by atoms with E-state index in [2.05, 4.69) is 10.2 Å². The minimum atomic E-state index is -0.451. The van der Waals surface area contributed by atoms with E-state index in [1.165, 1.54) is 12.1 Å². The van der Waals surface area contributed by atoms with Crippen molar-refractivity contribution < 1.29 is 14.1 Å². The van der Waals surface area contributed by atoms with Gasteiger partial charge in [0.05, 0.1) is 23.6 Å². The van der Waals surface area contributed by atoms with E-state index in [9.17, 15) is 14.9 Å². The first-order valence-corrected chi connectivity index (χ1v) is 8.41. The van der Waals surface area contributed by atoms with E-state index in [1.54, 1.807) is 18.4 Å². The highest BCUT2D eigenvalue weighted by atomic mass is 16.6. The van der Waals surface area contributed by atoms with E-state index in [0.29, 0.717) is 6.54 Å². The summed E-state index contributed by atoms with van der Waals surface area (Å²) in [5, 5.41) is 13.6. The number of likely N-dealkylation sites (tertiary alicyclic amines) is 1. The third-order valence-electron chi connectivity index (χ3n) is 4.46. The van der Waals surface area contributed by atoms with Gasteiger partial charge >= 0.3 is 0 Å². The molecule has 0 radical (unpaired) electrons. The van der Waals surface area contributed by atoms with Crippen LogP contribution in [0.4, 0.5) is 5.69 Å². The molecule has 7 heteroatoms. The van der Waals surface area contributed by atoms with Crippen LogP contribution in [0.3, 0.4) is 0 Å². The third-order valence-corrected chi connectivity index (χ3v) is 4.46. The molecule has 1 aromatic carbocycles. The van der Waals surface area contributed by atoms with Gasteiger partial charge in [0.2, 0.25) is 5.91 Å². The third kappa shape index (κ3) is 4.45. The Kier molecular flexibility index (Phi) is 5.45. The van der Waals surface area contributed by atoms with Crippen LogP contribution in [0.2, 0.25) is 0 Å². The van der Waals surface area contributed by atoms with E-state index in [-0.39, 0.29) is 24.1 Å². The number of rotatable bonds is 7. The monoisotopic (exact) mass is 343 g/mol. The lowest BCUT2D eigenvalue weighted by atomic mass is 10.1. The summed E-state index contributed by atoms with van der Waals surface area (Å²) in [5.41, 5.74) is 0.773. The molecule has 0 spiro atoms. The number of carbonyl (C=O) groups is 1. The van der Waals surface area contributed by atoms with E-state index in [0.717, 1.165) is 37.3 Å². The van der Waals surface area contributed by atoms with Crippen molar-refractivity contribution in [2.75, 3.05) is 19.6 Å². The van der Waals surface area contributed by atoms with Gasteiger partial charge in [0.25, 0.3) is 5.69 Å². The van der Waals surface area contributed by atoms with Gasteiger partial charge in [-0.1, -0.05) is 12.1 Å². The minimum Gasteiger partial charge on any atom is -0.468 e. The quantitative estimate of drug-likeness (QED) is 0.617. The van der Waals surface area contributed by atoms with Crippen LogP contribution in [0.1, 0.15) is 30.2 Å². The van der Waals surface area contributed by atoms with Crippen molar-refractivity contribution in [2.45, 2.75) is 25.3 Å². The molecule has 3 rings (SSSR count). The average Bonchev–Trinajstić information content (AvgIpc) is 3.29. The summed E-state index contributed by atoms with van der Waals surface area (Å²) < 4.78 is 5.54. The average molecular weight is 343 g/mol. The molecule has 1 aliphatic rings. The first kappa shape index (κ1) is 17.2. The fourth-order valence-electron chi connectivity index (χ4n) is 3.14. The number of furan rings is 1. The Morgan fingerprint density at radius 1 is 1.24 bits per heavy atom. The minimum absolute atomic E-state index is 0.0241. The molecule has 25 heavy (non-hydrogen) atoms. The Morgan fingerprint density at radius 3 is 2.56 bits per heavy atom. The van der Waals surface area contributed by atoms with Crippen molar-refractivity contribution in [3.63, 3.8) is 0 Å². The van der Waals surface area contributed by atoms with Crippen LogP contribution < -0.4 is 5.32 Å². The van der Waals surface area contributed by atoms with Crippen LogP contribution >= 0.6 is 0 Å².